The van der Waals surface area contributed by atoms with Crippen LogP contribution in [0.2, 0.25) is 0 Å². The number of nitrogens with zero attached hydrogens (tertiary/aromatic N) is 2. The molecule has 18 heavy (non-hydrogen) atoms. The zero-order valence-corrected chi connectivity index (χ0v) is 10.7. The van der Waals surface area contributed by atoms with Crippen molar-refractivity contribution in [1.29, 1.82) is 0 Å². The number of halogens is 4. The second-order valence-electron chi connectivity index (χ2n) is 4.05. The minimum absolute atomic E-state index is 0.791. The largest absolute Gasteiger partial charge is 0.673 e. The summed E-state index contributed by atoms with van der Waals surface area (Å²) in [6.07, 6.45) is 8.01. The highest BCUT2D eigenvalue weighted by Crippen LogP contribution is 2.08. The number of hydrogen-bond acceptors (Lipinski definition) is 3. The van der Waals surface area contributed by atoms with Gasteiger partial charge in [0, 0.05) is 25.5 Å². The van der Waals surface area contributed by atoms with Crippen molar-refractivity contribution in [2.75, 3.05) is 26.3 Å². The molecule has 3 nitrogen and oxygen atoms in total. The van der Waals surface area contributed by atoms with E-state index in [0.29, 0.717) is 0 Å². The van der Waals surface area contributed by atoms with Crippen LogP contribution in [0.1, 0.15) is 26.2 Å². The lowest BCUT2D eigenvalue weighted by Gasteiger charge is -2.20. The van der Waals surface area contributed by atoms with Crippen molar-refractivity contribution in [2.24, 2.45) is 5.73 Å². The molecule has 1 rings (SSSR count). The van der Waals surface area contributed by atoms with Gasteiger partial charge in [0.05, 0.1) is 6.67 Å². The van der Waals surface area contributed by atoms with E-state index >= 15 is 0 Å². The van der Waals surface area contributed by atoms with Crippen LogP contribution in [0.3, 0.4) is 0 Å². The number of rotatable bonds is 6. The fraction of sp³-hybridized carbons (Fsp3) is 0.800. The van der Waals surface area contributed by atoms with Crippen molar-refractivity contribution in [3.05, 3.63) is 12.4 Å². The third kappa shape index (κ3) is 11.6. The van der Waals surface area contributed by atoms with Crippen LogP contribution in [0.25, 0.3) is 0 Å². The molecule has 8 heteroatoms. The van der Waals surface area contributed by atoms with Gasteiger partial charge in [-0.25, -0.2) is 0 Å². The molecule has 1 aliphatic rings. The maximum absolute atomic E-state index is 9.75. The topological polar surface area (TPSA) is 32.5 Å². The van der Waals surface area contributed by atoms with E-state index in [9.17, 15) is 17.3 Å². The van der Waals surface area contributed by atoms with Crippen molar-refractivity contribution in [2.45, 2.75) is 26.2 Å². The maximum Gasteiger partial charge on any atom is 0.673 e. The molecule has 0 aromatic carbocycles. The monoisotopic (exact) mass is 270 g/mol. The van der Waals surface area contributed by atoms with Crippen LogP contribution < -0.4 is 5.73 Å². The van der Waals surface area contributed by atoms with Crippen LogP contribution in [0.15, 0.2) is 12.4 Å². The first-order chi connectivity index (χ1) is 8.36. The molecule has 0 aromatic heterocycles. The molecule has 1 heterocycles. The molecule has 0 saturated carbocycles. The zero-order chi connectivity index (χ0) is 14.0. The lowest BCUT2D eigenvalue weighted by atomic mass is 10.3. The van der Waals surface area contributed by atoms with Gasteiger partial charge in [0.15, 0.2) is 0 Å². The van der Waals surface area contributed by atoms with Crippen LogP contribution in [0.4, 0.5) is 17.3 Å². The van der Waals surface area contributed by atoms with E-state index < -0.39 is 7.25 Å². The van der Waals surface area contributed by atoms with Crippen LogP contribution in [0, 0.1) is 0 Å². The van der Waals surface area contributed by atoms with Crippen molar-refractivity contribution in [1.82, 2.24) is 9.80 Å². The summed E-state index contributed by atoms with van der Waals surface area (Å²) in [5, 5.41) is 0. The highest BCUT2D eigenvalue weighted by molar-refractivity contribution is 6.50. The standard InChI is InChI=1S/C10H21N3.BF4/c1-2-3-6-12-8-9-13(10-12)7-4-5-11;2-1(3,4)5/h8-9H,2-7,10-11H2,1H3;/q;-1. The van der Waals surface area contributed by atoms with Crippen LogP contribution in [-0.4, -0.2) is 43.4 Å². The summed E-state index contributed by atoms with van der Waals surface area (Å²) in [6.45, 7) is 6.35. The van der Waals surface area contributed by atoms with Crippen molar-refractivity contribution in [3.63, 3.8) is 0 Å². The van der Waals surface area contributed by atoms with E-state index in [2.05, 4.69) is 29.1 Å². The van der Waals surface area contributed by atoms with E-state index in [1.165, 1.54) is 19.4 Å². The first kappa shape index (κ1) is 17.1. The lowest BCUT2D eigenvalue weighted by Crippen LogP contribution is -2.27. The van der Waals surface area contributed by atoms with E-state index in [-0.39, 0.29) is 0 Å². The highest BCUT2D eigenvalue weighted by Gasteiger charge is 2.20. The van der Waals surface area contributed by atoms with Gasteiger partial charge in [-0.05, 0) is 19.4 Å². The summed E-state index contributed by atoms with van der Waals surface area (Å²) >= 11 is 0. The van der Waals surface area contributed by atoms with Gasteiger partial charge in [-0.3, -0.25) is 0 Å². The van der Waals surface area contributed by atoms with Crippen LogP contribution >= 0.6 is 0 Å². The number of hydrogen-bond donors (Lipinski definition) is 1. The Balaban J connectivity index is 0.000000494. The Morgan fingerprint density at radius 2 is 1.50 bits per heavy atom. The van der Waals surface area contributed by atoms with Gasteiger partial charge in [-0.2, -0.15) is 0 Å². The molecular formula is C10H21BF4N3-. The van der Waals surface area contributed by atoms with Gasteiger partial charge in [0.1, 0.15) is 0 Å². The molecule has 0 fully saturated rings. The molecule has 0 radical (unpaired) electrons. The predicted octanol–water partition coefficient (Wildman–Crippen LogP) is 2.48. The Labute approximate surface area is 106 Å². The molecular weight excluding hydrogens is 249 g/mol. The first-order valence-electron chi connectivity index (χ1n) is 6.10. The summed E-state index contributed by atoms with van der Waals surface area (Å²) < 4.78 is 39.0. The van der Waals surface area contributed by atoms with Crippen molar-refractivity contribution < 1.29 is 17.3 Å². The molecule has 0 spiro atoms. The van der Waals surface area contributed by atoms with Gasteiger partial charge in [-0.1, -0.05) is 13.3 Å². The highest BCUT2D eigenvalue weighted by atomic mass is 19.5. The summed E-state index contributed by atoms with van der Waals surface area (Å²) in [7, 11) is -6.00. The third-order valence-corrected chi connectivity index (χ3v) is 2.30. The van der Waals surface area contributed by atoms with E-state index in [4.69, 9.17) is 5.73 Å². The molecule has 0 amide bonds. The lowest BCUT2D eigenvalue weighted by molar-refractivity contribution is 0.261. The minimum atomic E-state index is -6.00. The Morgan fingerprint density at radius 3 is 1.89 bits per heavy atom. The van der Waals surface area contributed by atoms with E-state index in [1.807, 2.05) is 0 Å². The molecule has 0 atom stereocenters. The SMILES string of the molecule is CCCCN1C=CN(CCCN)C1.F[B-](F)(F)F. The Kier molecular flexibility index (Phi) is 8.61. The summed E-state index contributed by atoms with van der Waals surface area (Å²) in [5.74, 6) is 0. The van der Waals surface area contributed by atoms with Gasteiger partial charge in [0.2, 0.25) is 0 Å². The van der Waals surface area contributed by atoms with E-state index in [0.717, 1.165) is 26.2 Å². The molecule has 0 aromatic rings. The molecule has 0 aliphatic carbocycles. The van der Waals surface area contributed by atoms with Crippen molar-refractivity contribution in [3.8, 4) is 0 Å². The van der Waals surface area contributed by atoms with Gasteiger partial charge >= 0.3 is 7.25 Å². The smallest absolute Gasteiger partial charge is 0.418 e. The minimum Gasteiger partial charge on any atom is -0.418 e. The molecule has 1 aliphatic heterocycles. The maximum atomic E-state index is 9.75. The first-order valence-corrected chi connectivity index (χ1v) is 6.10. The number of nitrogens with two attached hydrogens (primary N) is 1. The second kappa shape index (κ2) is 9.07. The Hall–Kier alpha value is -0.915. The average Bonchev–Trinajstić information content (AvgIpc) is 2.69. The summed E-state index contributed by atoms with van der Waals surface area (Å²) in [6, 6.07) is 0. The third-order valence-electron chi connectivity index (χ3n) is 2.30. The summed E-state index contributed by atoms with van der Waals surface area (Å²) in [5.41, 5.74) is 5.46. The Morgan fingerprint density at radius 1 is 1.06 bits per heavy atom. The van der Waals surface area contributed by atoms with Crippen molar-refractivity contribution >= 4 is 7.25 Å². The molecule has 0 saturated heterocycles. The number of unbranched alkanes of at least 4 members (excludes halogenated alkanes) is 1. The van der Waals surface area contributed by atoms with Crippen LogP contribution in [0.5, 0.6) is 0 Å². The summed E-state index contributed by atoms with van der Waals surface area (Å²) in [4.78, 5) is 4.68. The zero-order valence-electron chi connectivity index (χ0n) is 10.7. The van der Waals surface area contributed by atoms with Gasteiger partial charge in [0.25, 0.3) is 0 Å². The predicted molar refractivity (Wildman–Crippen MR) is 66.2 cm³/mol. The second-order valence-corrected chi connectivity index (χ2v) is 4.05. The van der Waals surface area contributed by atoms with Gasteiger partial charge < -0.3 is 32.8 Å². The fourth-order valence-corrected chi connectivity index (χ4v) is 1.46. The van der Waals surface area contributed by atoms with E-state index in [1.54, 1.807) is 0 Å². The quantitative estimate of drug-likeness (QED) is 0.594. The molecule has 108 valence electrons. The van der Waals surface area contributed by atoms with Crippen LogP contribution in [-0.2, 0) is 0 Å². The molecule has 2 N–H and O–H groups in total. The fourth-order valence-electron chi connectivity index (χ4n) is 1.46. The molecule has 0 bridgehead atoms. The Bertz CT molecular complexity index is 214. The molecule has 0 unspecified atom stereocenters. The van der Waals surface area contributed by atoms with Gasteiger partial charge in [-0.15, -0.1) is 0 Å². The normalized spacial score (nSPS) is 14.8. The average molecular weight is 270 g/mol.